The summed E-state index contributed by atoms with van der Waals surface area (Å²) < 4.78 is 1.75. The smallest absolute Gasteiger partial charge is 0.255 e. The van der Waals surface area contributed by atoms with Gasteiger partial charge in [-0.05, 0) is 66.2 Å². The van der Waals surface area contributed by atoms with E-state index in [1.807, 2.05) is 97.2 Å². The number of nitrogens with zero attached hydrogens (tertiary/aromatic N) is 4. The first-order valence-electron chi connectivity index (χ1n) is 12.5. The molecule has 3 aromatic carbocycles. The SMILES string of the molecule is NCc1ccc(C(=O)Nc2ccc(Nc3nc(-c4ccc(-c5ccccc5)nc4)cc4ccnn34)cc2)cc1. The third-order valence-electron chi connectivity index (χ3n) is 6.36. The van der Waals surface area contributed by atoms with E-state index in [0.29, 0.717) is 23.7 Å². The molecular weight excluding hydrogens is 486 g/mol. The van der Waals surface area contributed by atoms with E-state index in [2.05, 4.69) is 20.7 Å². The molecule has 0 aliphatic rings. The number of hydrogen-bond donors (Lipinski definition) is 3. The molecule has 1 amide bonds. The summed E-state index contributed by atoms with van der Waals surface area (Å²) in [5.41, 5.74) is 13.2. The standard InChI is InChI=1S/C31H25N7O/c32-19-21-6-8-23(9-7-21)30(39)35-25-11-13-26(14-12-25)36-31-37-29(18-27-16-17-34-38(27)31)24-10-15-28(33-20-24)22-4-2-1-3-5-22/h1-18,20H,19,32H2,(H,35,39)(H,36,37). The number of nitrogens with one attached hydrogen (secondary N) is 2. The molecule has 0 saturated carbocycles. The van der Waals surface area contributed by atoms with E-state index < -0.39 is 0 Å². The van der Waals surface area contributed by atoms with Gasteiger partial charge in [0.05, 0.1) is 23.1 Å². The lowest BCUT2D eigenvalue weighted by atomic mass is 10.1. The average Bonchev–Trinajstić information content (AvgIpc) is 3.48. The van der Waals surface area contributed by atoms with E-state index in [9.17, 15) is 4.79 Å². The Morgan fingerprint density at radius 1 is 0.795 bits per heavy atom. The lowest BCUT2D eigenvalue weighted by molar-refractivity contribution is 0.102. The molecule has 0 bridgehead atoms. The van der Waals surface area contributed by atoms with Gasteiger partial charge in [0.15, 0.2) is 0 Å². The van der Waals surface area contributed by atoms with Crippen molar-refractivity contribution in [1.82, 2.24) is 19.6 Å². The molecule has 39 heavy (non-hydrogen) atoms. The first-order valence-corrected chi connectivity index (χ1v) is 12.5. The Kier molecular flexibility index (Phi) is 6.51. The van der Waals surface area contributed by atoms with Gasteiger partial charge in [0.25, 0.3) is 5.91 Å². The summed E-state index contributed by atoms with van der Waals surface area (Å²) in [5, 5.41) is 10.7. The third-order valence-corrected chi connectivity index (χ3v) is 6.36. The summed E-state index contributed by atoms with van der Waals surface area (Å²) in [6.45, 7) is 0.441. The Morgan fingerprint density at radius 2 is 1.56 bits per heavy atom. The second kappa shape index (κ2) is 10.6. The number of rotatable bonds is 7. The number of fused-ring (bicyclic) bond motifs is 1. The number of anilines is 3. The fraction of sp³-hybridized carbons (Fsp3) is 0.0323. The van der Waals surface area contributed by atoms with Crippen molar-refractivity contribution in [2.45, 2.75) is 6.54 Å². The monoisotopic (exact) mass is 511 g/mol. The summed E-state index contributed by atoms with van der Waals surface area (Å²) in [6.07, 6.45) is 3.57. The minimum absolute atomic E-state index is 0.182. The molecule has 8 nitrogen and oxygen atoms in total. The highest BCUT2D eigenvalue weighted by Crippen LogP contribution is 2.26. The first kappa shape index (κ1) is 24.0. The number of aromatic nitrogens is 4. The lowest BCUT2D eigenvalue weighted by Gasteiger charge is -2.11. The molecule has 3 aromatic heterocycles. The minimum Gasteiger partial charge on any atom is -0.326 e. The van der Waals surface area contributed by atoms with Crippen LogP contribution in [0.25, 0.3) is 28.0 Å². The summed E-state index contributed by atoms with van der Waals surface area (Å²) in [7, 11) is 0. The highest BCUT2D eigenvalue weighted by atomic mass is 16.1. The van der Waals surface area contributed by atoms with Crippen LogP contribution in [0.3, 0.4) is 0 Å². The van der Waals surface area contributed by atoms with Gasteiger partial charge in [-0.3, -0.25) is 9.78 Å². The predicted octanol–water partition coefficient (Wildman–Crippen LogP) is 5.91. The van der Waals surface area contributed by atoms with E-state index in [0.717, 1.165) is 39.3 Å². The van der Waals surface area contributed by atoms with Gasteiger partial charge in [0.1, 0.15) is 0 Å². The third kappa shape index (κ3) is 5.22. The molecule has 190 valence electrons. The molecule has 0 atom stereocenters. The molecule has 0 unspecified atom stereocenters. The van der Waals surface area contributed by atoms with Crippen LogP contribution < -0.4 is 16.4 Å². The molecule has 0 fully saturated rings. The van der Waals surface area contributed by atoms with Crippen molar-refractivity contribution in [3.63, 3.8) is 0 Å². The van der Waals surface area contributed by atoms with Crippen LogP contribution >= 0.6 is 0 Å². The summed E-state index contributed by atoms with van der Waals surface area (Å²) in [6, 6.07) is 32.7. The fourth-order valence-corrected chi connectivity index (χ4v) is 4.25. The van der Waals surface area contributed by atoms with Crippen molar-refractivity contribution in [1.29, 1.82) is 0 Å². The molecule has 0 radical (unpaired) electrons. The Hall–Kier alpha value is -5.34. The van der Waals surface area contributed by atoms with Crippen LogP contribution in [0.5, 0.6) is 0 Å². The van der Waals surface area contributed by atoms with E-state index in [1.165, 1.54) is 0 Å². The number of nitrogens with two attached hydrogens (primary N) is 1. The van der Waals surface area contributed by atoms with Gasteiger partial charge in [-0.15, -0.1) is 0 Å². The molecule has 0 aliphatic carbocycles. The van der Waals surface area contributed by atoms with Crippen LogP contribution in [0.4, 0.5) is 17.3 Å². The molecule has 0 spiro atoms. The van der Waals surface area contributed by atoms with Gasteiger partial charge in [-0.25, -0.2) is 9.50 Å². The highest BCUT2D eigenvalue weighted by Gasteiger charge is 2.11. The number of carbonyl (C=O) groups excluding carboxylic acids is 1. The van der Waals surface area contributed by atoms with Crippen molar-refractivity contribution >= 4 is 28.7 Å². The van der Waals surface area contributed by atoms with Gasteiger partial charge in [-0.1, -0.05) is 42.5 Å². The quantitative estimate of drug-likeness (QED) is 0.246. The lowest BCUT2D eigenvalue weighted by Crippen LogP contribution is -2.12. The van der Waals surface area contributed by atoms with Crippen LogP contribution in [0.2, 0.25) is 0 Å². The zero-order valence-corrected chi connectivity index (χ0v) is 21.0. The van der Waals surface area contributed by atoms with E-state index in [-0.39, 0.29) is 5.91 Å². The summed E-state index contributed by atoms with van der Waals surface area (Å²) in [5.74, 6) is 0.384. The Bertz CT molecular complexity index is 1730. The zero-order chi connectivity index (χ0) is 26.6. The zero-order valence-electron chi connectivity index (χ0n) is 21.0. The molecular formula is C31H25N7O. The van der Waals surface area contributed by atoms with Crippen molar-refractivity contribution in [3.8, 4) is 22.5 Å². The van der Waals surface area contributed by atoms with Gasteiger partial charge >= 0.3 is 0 Å². The minimum atomic E-state index is -0.182. The molecule has 8 heteroatoms. The fourth-order valence-electron chi connectivity index (χ4n) is 4.25. The Labute approximate surface area is 225 Å². The van der Waals surface area contributed by atoms with Crippen LogP contribution in [0.1, 0.15) is 15.9 Å². The van der Waals surface area contributed by atoms with Gasteiger partial charge in [0.2, 0.25) is 5.95 Å². The maximum absolute atomic E-state index is 12.6. The molecule has 6 aromatic rings. The molecule has 0 saturated heterocycles. The topological polar surface area (TPSA) is 110 Å². The first-order chi connectivity index (χ1) is 19.2. The van der Waals surface area contributed by atoms with Crippen LogP contribution in [0.15, 0.2) is 116 Å². The average molecular weight is 512 g/mol. The number of amides is 1. The molecule has 0 aliphatic heterocycles. The van der Waals surface area contributed by atoms with E-state index >= 15 is 0 Å². The van der Waals surface area contributed by atoms with Gasteiger partial charge < -0.3 is 16.4 Å². The number of hydrogen-bond acceptors (Lipinski definition) is 6. The number of pyridine rings is 1. The molecule has 6 rings (SSSR count). The molecule has 4 N–H and O–H groups in total. The van der Waals surface area contributed by atoms with E-state index in [4.69, 9.17) is 10.7 Å². The number of carbonyl (C=O) groups is 1. The van der Waals surface area contributed by atoms with Crippen molar-refractivity contribution in [3.05, 3.63) is 127 Å². The predicted molar refractivity (Wildman–Crippen MR) is 154 cm³/mol. The largest absolute Gasteiger partial charge is 0.326 e. The van der Waals surface area contributed by atoms with Crippen LogP contribution in [-0.4, -0.2) is 25.5 Å². The van der Waals surface area contributed by atoms with Crippen molar-refractivity contribution in [2.24, 2.45) is 5.73 Å². The molecule has 3 heterocycles. The summed E-state index contributed by atoms with van der Waals surface area (Å²) >= 11 is 0. The second-order valence-electron chi connectivity index (χ2n) is 8.99. The van der Waals surface area contributed by atoms with Crippen molar-refractivity contribution in [2.75, 3.05) is 10.6 Å². The normalized spacial score (nSPS) is 10.9. The van der Waals surface area contributed by atoms with Crippen molar-refractivity contribution < 1.29 is 4.79 Å². The van der Waals surface area contributed by atoms with E-state index in [1.54, 1.807) is 22.8 Å². The second-order valence-corrected chi connectivity index (χ2v) is 8.99. The van der Waals surface area contributed by atoms with Gasteiger partial charge in [0, 0.05) is 40.8 Å². The Morgan fingerprint density at radius 3 is 2.28 bits per heavy atom. The Balaban J connectivity index is 1.21. The number of benzene rings is 3. The van der Waals surface area contributed by atoms with Gasteiger partial charge in [-0.2, -0.15) is 5.10 Å². The van der Waals surface area contributed by atoms with Crippen LogP contribution in [0, 0.1) is 0 Å². The summed E-state index contributed by atoms with van der Waals surface area (Å²) in [4.78, 5) is 22.1. The maximum atomic E-state index is 12.6. The maximum Gasteiger partial charge on any atom is 0.255 e. The highest BCUT2D eigenvalue weighted by molar-refractivity contribution is 6.04. The van der Waals surface area contributed by atoms with Crippen LogP contribution in [-0.2, 0) is 6.54 Å².